The van der Waals surface area contributed by atoms with Crippen molar-refractivity contribution in [2.24, 2.45) is 0 Å². The standard InChI is InChI=1S/C35H35Cl4N3O4S/c1-4-24(3)40-35(44)33(18-25-8-6-5-7-9-25)41(21-26-12-13-27(36)19-31(26)39)34(43)22-42(32-20-28(37)14-17-30(32)38)47(45,46)29-15-10-23(2)11-16-29/h5-17,19-20,24,33H,4,18,21-22H2,1-3H3,(H,40,44)/t24-,33-/m0/s1. The van der Waals surface area contributed by atoms with Crippen molar-refractivity contribution in [2.75, 3.05) is 10.8 Å². The number of carbonyl (C=O) groups excluding carboxylic acids is 2. The number of aryl methyl sites for hydroxylation is 1. The van der Waals surface area contributed by atoms with Crippen LogP contribution in [0, 0.1) is 6.92 Å². The van der Waals surface area contributed by atoms with E-state index < -0.39 is 34.4 Å². The second-order valence-electron chi connectivity index (χ2n) is 11.2. The molecule has 0 aromatic heterocycles. The zero-order valence-electron chi connectivity index (χ0n) is 26.1. The summed E-state index contributed by atoms with van der Waals surface area (Å²) in [5.41, 5.74) is 2.20. The molecule has 0 saturated carbocycles. The van der Waals surface area contributed by atoms with Gasteiger partial charge in [-0.05, 0) is 73.9 Å². The number of benzene rings is 4. The van der Waals surface area contributed by atoms with Crippen molar-refractivity contribution in [3.05, 3.63) is 128 Å². The van der Waals surface area contributed by atoms with E-state index in [1.54, 1.807) is 30.3 Å². The molecular weight excluding hydrogens is 700 g/mol. The highest BCUT2D eigenvalue weighted by atomic mass is 35.5. The second kappa shape index (κ2) is 16.2. The first-order valence-electron chi connectivity index (χ1n) is 14.9. The Labute approximate surface area is 296 Å². The van der Waals surface area contributed by atoms with Crippen LogP contribution in [-0.2, 0) is 32.6 Å². The average molecular weight is 736 g/mol. The Morgan fingerprint density at radius 3 is 2.11 bits per heavy atom. The number of nitrogens with zero attached hydrogens (tertiary/aromatic N) is 2. The SMILES string of the molecule is CC[C@H](C)NC(=O)[C@H](Cc1ccccc1)N(Cc1ccc(Cl)cc1Cl)C(=O)CN(c1cc(Cl)ccc1Cl)S(=O)(=O)c1ccc(C)cc1. The maximum Gasteiger partial charge on any atom is 0.264 e. The van der Waals surface area contributed by atoms with E-state index in [1.165, 1.54) is 35.2 Å². The summed E-state index contributed by atoms with van der Waals surface area (Å²) in [5.74, 6) is -1.06. The molecule has 0 fully saturated rings. The molecule has 4 rings (SSSR count). The van der Waals surface area contributed by atoms with Crippen LogP contribution in [0.1, 0.15) is 37.0 Å². The van der Waals surface area contributed by atoms with E-state index in [0.29, 0.717) is 17.0 Å². The molecule has 0 spiro atoms. The predicted octanol–water partition coefficient (Wildman–Crippen LogP) is 8.36. The lowest BCUT2D eigenvalue weighted by atomic mass is 10.0. The van der Waals surface area contributed by atoms with E-state index >= 15 is 0 Å². The lowest BCUT2D eigenvalue weighted by Gasteiger charge is -2.34. The van der Waals surface area contributed by atoms with Gasteiger partial charge in [-0.1, -0.05) is 107 Å². The van der Waals surface area contributed by atoms with Crippen LogP contribution in [0.4, 0.5) is 5.69 Å². The Morgan fingerprint density at radius 2 is 1.47 bits per heavy atom. The number of rotatable bonds is 13. The van der Waals surface area contributed by atoms with E-state index in [2.05, 4.69) is 5.32 Å². The highest BCUT2D eigenvalue weighted by molar-refractivity contribution is 7.92. The molecular formula is C35H35Cl4N3O4S. The average Bonchev–Trinajstić information content (AvgIpc) is 3.04. The van der Waals surface area contributed by atoms with Crippen LogP contribution >= 0.6 is 46.4 Å². The maximum absolute atomic E-state index is 14.6. The molecule has 1 N–H and O–H groups in total. The van der Waals surface area contributed by atoms with Gasteiger partial charge in [-0.3, -0.25) is 13.9 Å². The van der Waals surface area contributed by atoms with Gasteiger partial charge in [0.1, 0.15) is 12.6 Å². The summed E-state index contributed by atoms with van der Waals surface area (Å²) >= 11 is 25.6. The number of sulfonamides is 1. The van der Waals surface area contributed by atoms with Crippen molar-refractivity contribution in [3.8, 4) is 0 Å². The van der Waals surface area contributed by atoms with Gasteiger partial charge in [0.15, 0.2) is 0 Å². The third-order valence-electron chi connectivity index (χ3n) is 7.69. The molecule has 2 atom stereocenters. The summed E-state index contributed by atoms with van der Waals surface area (Å²) in [6.07, 6.45) is 0.819. The monoisotopic (exact) mass is 733 g/mol. The highest BCUT2D eigenvalue weighted by Crippen LogP contribution is 2.34. The molecule has 248 valence electrons. The van der Waals surface area contributed by atoms with Gasteiger partial charge in [-0.25, -0.2) is 8.42 Å². The van der Waals surface area contributed by atoms with Crippen LogP contribution in [0.15, 0.2) is 95.9 Å². The summed E-state index contributed by atoms with van der Waals surface area (Å²) < 4.78 is 29.4. The van der Waals surface area contributed by atoms with Gasteiger partial charge >= 0.3 is 0 Å². The largest absolute Gasteiger partial charge is 0.352 e. The van der Waals surface area contributed by atoms with Crippen LogP contribution in [0.2, 0.25) is 20.1 Å². The fourth-order valence-electron chi connectivity index (χ4n) is 4.86. The van der Waals surface area contributed by atoms with E-state index in [9.17, 15) is 18.0 Å². The molecule has 0 heterocycles. The molecule has 4 aromatic carbocycles. The van der Waals surface area contributed by atoms with Crippen molar-refractivity contribution in [3.63, 3.8) is 0 Å². The zero-order chi connectivity index (χ0) is 34.3. The van der Waals surface area contributed by atoms with E-state index in [4.69, 9.17) is 46.4 Å². The lowest BCUT2D eigenvalue weighted by molar-refractivity contribution is -0.140. The van der Waals surface area contributed by atoms with Crippen LogP contribution in [0.3, 0.4) is 0 Å². The molecule has 0 radical (unpaired) electrons. The third-order valence-corrected chi connectivity index (χ3v) is 10.6. The summed E-state index contributed by atoms with van der Waals surface area (Å²) in [6, 6.07) is 23.5. The van der Waals surface area contributed by atoms with E-state index in [-0.39, 0.29) is 44.7 Å². The molecule has 0 saturated heterocycles. The maximum atomic E-state index is 14.6. The van der Waals surface area contributed by atoms with Crippen LogP contribution in [0.25, 0.3) is 0 Å². The van der Waals surface area contributed by atoms with Crippen molar-refractivity contribution >= 4 is 73.9 Å². The van der Waals surface area contributed by atoms with Crippen LogP contribution in [-0.4, -0.2) is 43.8 Å². The molecule has 0 bridgehead atoms. The molecule has 2 amide bonds. The smallest absolute Gasteiger partial charge is 0.264 e. The van der Waals surface area contributed by atoms with Crippen molar-refractivity contribution in [1.82, 2.24) is 10.2 Å². The molecule has 47 heavy (non-hydrogen) atoms. The third kappa shape index (κ3) is 9.42. The Hall–Kier alpha value is -3.27. The van der Waals surface area contributed by atoms with Gasteiger partial charge in [0.2, 0.25) is 11.8 Å². The van der Waals surface area contributed by atoms with Gasteiger partial charge in [-0.15, -0.1) is 0 Å². The molecule has 4 aromatic rings. The first-order chi connectivity index (χ1) is 22.3. The lowest BCUT2D eigenvalue weighted by Crippen LogP contribution is -2.54. The van der Waals surface area contributed by atoms with Gasteiger partial charge in [-0.2, -0.15) is 0 Å². The van der Waals surface area contributed by atoms with E-state index in [1.807, 2.05) is 51.1 Å². The Balaban J connectivity index is 1.86. The van der Waals surface area contributed by atoms with Crippen molar-refractivity contribution in [1.29, 1.82) is 0 Å². The number of amides is 2. The predicted molar refractivity (Wildman–Crippen MR) is 191 cm³/mol. The number of carbonyl (C=O) groups is 2. The van der Waals surface area contributed by atoms with Crippen LogP contribution in [0.5, 0.6) is 0 Å². The highest BCUT2D eigenvalue weighted by Gasteiger charge is 2.36. The first-order valence-corrected chi connectivity index (χ1v) is 17.9. The number of hydrogen-bond acceptors (Lipinski definition) is 4. The topological polar surface area (TPSA) is 86.8 Å². The molecule has 0 aliphatic rings. The second-order valence-corrected chi connectivity index (χ2v) is 14.8. The van der Waals surface area contributed by atoms with Gasteiger partial charge in [0.05, 0.1) is 15.6 Å². The molecule has 0 aliphatic carbocycles. The minimum Gasteiger partial charge on any atom is -0.352 e. The Bertz CT molecular complexity index is 1820. The fraction of sp³-hybridized carbons (Fsp3) is 0.257. The summed E-state index contributed by atoms with van der Waals surface area (Å²) in [7, 11) is -4.35. The minimum atomic E-state index is -4.35. The molecule has 12 heteroatoms. The van der Waals surface area contributed by atoms with E-state index in [0.717, 1.165) is 15.4 Å². The van der Waals surface area contributed by atoms with Gasteiger partial charge in [0, 0.05) is 34.1 Å². The number of halogens is 4. The first kappa shape index (κ1) is 36.6. The van der Waals surface area contributed by atoms with Gasteiger partial charge in [0.25, 0.3) is 10.0 Å². The number of anilines is 1. The molecule has 0 unspecified atom stereocenters. The van der Waals surface area contributed by atoms with Crippen molar-refractivity contribution < 1.29 is 18.0 Å². The zero-order valence-corrected chi connectivity index (χ0v) is 29.9. The molecule has 7 nitrogen and oxygen atoms in total. The number of nitrogens with one attached hydrogen (secondary N) is 1. The summed E-state index contributed by atoms with van der Waals surface area (Å²) in [4.78, 5) is 29.9. The fourth-order valence-corrected chi connectivity index (χ4v) is 7.19. The Morgan fingerprint density at radius 1 is 0.830 bits per heavy atom. The summed E-state index contributed by atoms with van der Waals surface area (Å²) in [6.45, 7) is 4.85. The van der Waals surface area contributed by atoms with Crippen LogP contribution < -0.4 is 9.62 Å². The normalized spacial score (nSPS) is 12.7. The van der Waals surface area contributed by atoms with Crippen molar-refractivity contribution in [2.45, 2.75) is 57.1 Å². The minimum absolute atomic E-state index is 0.0150. The Kier molecular flexibility index (Phi) is 12.6. The van der Waals surface area contributed by atoms with Gasteiger partial charge < -0.3 is 10.2 Å². The number of hydrogen-bond donors (Lipinski definition) is 1. The summed E-state index contributed by atoms with van der Waals surface area (Å²) in [5, 5.41) is 3.98. The molecule has 0 aliphatic heterocycles. The quantitative estimate of drug-likeness (QED) is 0.150.